The first kappa shape index (κ1) is 14.7. The third kappa shape index (κ3) is 4.41. The van der Waals surface area contributed by atoms with Crippen molar-refractivity contribution >= 4 is 18.0 Å². The number of benzene rings is 1. The summed E-state index contributed by atoms with van der Waals surface area (Å²) in [6.45, 7) is 0. The van der Waals surface area contributed by atoms with Crippen LogP contribution in [0.15, 0.2) is 29.8 Å². The van der Waals surface area contributed by atoms with Crippen LogP contribution in [-0.4, -0.2) is 31.3 Å². The van der Waals surface area contributed by atoms with E-state index in [1.54, 1.807) is 0 Å². The Kier molecular flexibility index (Phi) is 5.52. The summed E-state index contributed by atoms with van der Waals surface area (Å²) in [5.41, 5.74) is 0.0586. The number of phenolic OH excluding ortho intramolecular Hbond substituents is 1. The van der Waals surface area contributed by atoms with E-state index in [4.69, 9.17) is 5.11 Å². The fourth-order valence-electron chi connectivity index (χ4n) is 1.18. The molecule has 1 N–H and O–H groups in total. The summed E-state index contributed by atoms with van der Waals surface area (Å²) in [5.74, 6) is -2.01. The summed E-state index contributed by atoms with van der Waals surface area (Å²) in [7, 11) is 2.25. The summed E-state index contributed by atoms with van der Waals surface area (Å²) in [6.07, 6.45) is 1.21. The van der Waals surface area contributed by atoms with Crippen LogP contribution in [0.4, 0.5) is 0 Å². The SMILES string of the molecule is COOC(=O)C(=Cc1ccc(O)cc1)C(=O)OOC. The Morgan fingerprint density at radius 3 is 1.89 bits per heavy atom. The molecule has 0 radical (unpaired) electrons. The molecule has 1 aromatic rings. The Bertz CT molecular complexity index is 455. The number of phenols is 1. The number of hydrogen-bond acceptors (Lipinski definition) is 7. The minimum atomic E-state index is -1.03. The summed E-state index contributed by atoms with van der Waals surface area (Å²) in [5, 5.41) is 9.13. The zero-order valence-corrected chi connectivity index (χ0v) is 10.3. The number of carbonyl (C=O) groups excluding carboxylic acids is 2. The first-order valence-electron chi connectivity index (χ1n) is 5.09. The standard InChI is InChI=1S/C12H12O7/c1-16-18-11(14)10(12(15)19-17-2)7-8-3-5-9(13)6-4-8/h3-7,13H,1-2H3. The third-order valence-electron chi connectivity index (χ3n) is 1.96. The number of hydrogen-bond donors (Lipinski definition) is 1. The van der Waals surface area contributed by atoms with Gasteiger partial charge in [0.1, 0.15) is 5.75 Å². The quantitative estimate of drug-likeness (QED) is 0.280. The van der Waals surface area contributed by atoms with Gasteiger partial charge in [0, 0.05) is 0 Å². The fraction of sp³-hybridized carbons (Fsp3) is 0.167. The lowest BCUT2D eigenvalue weighted by Crippen LogP contribution is -2.17. The summed E-state index contributed by atoms with van der Waals surface area (Å²) in [6, 6.07) is 5.78. The minimum Gasteiger partial charge on any atom is -0.508 e. The molecule has 0 aliphatic rings. The number of aromatic hydroxyl groups is 1. The lowest BCUT2D eigenvalue weighted by molar-refractivity contribution is -0.259. The van der Waals surface area contributed by atoms with Crippen LogP contribution < -0.4 is 0 Å². The predicted molar refractivity (Wildman–Crippen MR) is 62.3 cm³/mol. The van der Waals surface area contributed by atoms with Gasteiger partial charge in [-0.05, 0) is 23.8 Å². The van der Waals surface area contributed by atoms with Crippen molar-refractivity contribution in [2.75, 3.05) is 14.2 Å². The van der Waals surface area contributed by atoms with Crippen LogP contribution in [-0.2, 0) is 29.1 Å². The Hall–Kier alpha value is -2.38. The molecule has 0 bridgehead atoms. The Balaban J connectivity index is 3.04. The molecule has 0 spiro atoms. The maximum Gasteiger partial charge on any atom is 0.380 e. The zero-order valence-electron chi connectivity index (χ0n) is 10.3. The Morgan fingerprint density at radius 2 is 1.47 bits per heavy atom. The van der Waals surface area contributed by atoms with Gasteiger partial charge in [-0.15, -0.1) is 0 Å². The molecular weight excluding hydrogens is 256 g/mol. The van der Waals surface area contributed by atoms with E-state index in [0.29, 0.717) is 5.56 Å². The van der Waals surface area contributed by atoms with Gasteiger partial charge in [-0.1, -0.05) is 12.1 Å². The molecule has 7 heteroatoms. The maximum atomic E-state index is 11.5. The first-order valence-corrected chi connectivity index (χ1v) is 5.09. The highest BCUT2D eigenvalue weighted by Gasteiger charge is 2.23. The van der Waals surface area contributed by atoms with Gasteiger partial charge < -0.3 is 5.11 Å². The van der Waals surface area contributed by atoms with E-state index in [1.807, 2.05) is 0 Å². The van der Waals surface area contributed by atoms with E-state index in [9.17, 15) is 9.59 Å². The highest BCUT2D eigenvalue weighted by atomic mass is 17.2. The smallest absolute Gasteiger partial charge is 0.380 e. The molecule has 0 amide bonds. The summed E-state index contributed by atoms with van der Waals surface area (Å²) < 4.78 is 0. The van der Waals surface area contributed by atoms with Crippen LogP contribution in [0.25, 0.3) is 6.08 Å². The number of rotatable bonds is 5. The summed E-state index contributed by atoms with van der Waals surface area (Å²) >= 11 is 0. The molecule has 0 aliphatic carbocycles. The third-order valence-corrected chi connectivity index (χ3v) is 1.96. The lowest BCUT2D eigenvalue weighted by Gasteiger charge is -2.04. The van der Waals surface area contributed by atoms with Gasteiger partial charge in [0.15, 0.2) is 5.57 Å². The molecule has 0 saturated carbocycles. The van der Waals surface area contributed by atoms with Crippen molar-refractivity contribution in [2.45, 2.75) is 0 Å². The van der Waals surface area contributed by atoms with E-state index in [0.717, 1.165) is 14.2 Å². The monoisotopic (exact) mass is 268 g/mol. The van der Waals surface area contributed by atoms with Gasteiger partial charge in [-0.2, -0.15) is 9.78 Å². The van der Waals surface area contributed by atoms with Gasteiger partial charge in [-0.3, -0.25) is 9.78 Å². The molecule has 102 valence electrons. The second-order valence-electron chi connectivity index (χ2n) is 3.22. The van der Waals surface area contributed by atoms with Gasteiger partial charge in [0.2, 0.25) is 0 Å². The van der Waals surface area contributed by atoms with E-state index >= 15 is 0 Å². The molecule has 1 aromatic carbocycles. The van der Waals surface area contributed by atoms with Crippen molar-refractivity contribution in [3.05, 3.63) is 35.4 Å². The number of carbonyl (C=O) groups is 2. The molecule has 0 fully saturated rings. The van der Waals surface area contributed by atoms with Gasteiger partial charge in [0.25, 0.3) is 0 Å². The largest absolute Gasteiger partial charge is 0.508 e. The van der Waals surface area contributed by atoms with Crippen LogP contribution in [0.3, 0.4) is 0 Å². The van der Waals surface area contributed by atoms with E-state index in [1.165, 1.54) is 30.3 Å². The lowest BCUT2D eigenvalue weighted by atomic mass is 10.1. The van der Waals surface area contributed by atoms with Crippen LogP contribution in [0.2, 0.25) is 0 Å². The van der Waals surface area contributed by atoms with Crippen LogP contribution >= 0.6 is 0 Å². The first-order chi connectivity index (χ1) is 9.08. The van der Waals surface area contributed by atoms with E-state index < -0.39 is 17.5 Å². The minimum absolute atomic E-state index is 0.0534. The topological polar surface area (TPSA) is 91.3 Å². The average molecular weight is 268 g/mol. The van der Waals surface area contributed by atoms with Crippen molar-refractivity contribution in [3.8, 4) is 5.75 Å². The van der Waals surface area contributed by atoms with Crippen molar-refractivity contribution in [1.29, 1.82) is 0 Å². The molecule has 0 saturated heterocycles. The van der Waals surface area contributed by atoms with Crippen LogP contribution in [0, 0.1) is 0 Å². The molecule has 0 aromatic heterocycles. The highest BCUT2D eigenvalue weighted by molar-refractivity contribution is 6.17. The van der Waals surface area contributed by atoms with Gasteiger partial charge in [-0.25, -0.2) is 9.59 Å². The van der Waals surface area contributed by atoms with Crippen molar-refractivity contribution in [1.82, 2.24) is 0 Å². The molecule has 1 rings (SSSR count). The average Bonchev–Trinajstić information content (AvgIpc) is 2.38. The highest BCUT2D eigenvalue weighted by Crippen LogP contribution is 2.14. The fourth-order valence-corrected chi connectivity index (χ4v) is 1.18. The van der Waals surface area contributed by atoms with Crippen molar-refractivity contribution < 1.29 is 34.2 Å². The normalized spacial score (nSPS) is 9.58. The molecule has 7 nitrogen and oxygen atoms in total. The molecule has 0 aliphatic heterocycles. The van der Waals surface area contributed by atoms with E-state index in [2.05, 4.69) is 19.6 Å². The Morgan fingerprint density at radius 1 is 1.00 bits per heavy atom. The molecule has 0 atom stereocenters. The van der Waals surface area contributed by atoms with Gasteiger partial charge in [0.05, 0.1) is 14.2 Å². The molecule has 19 heavy (non-hydrogen) atoms. The maximum absolute atomic E-state index is 11.5. The second-order valence-corrected chi connectivity index (χ2v) is 3.22. The molecule has 0 unspecified atom stereocenters. The van der Waals surface area contributed by atoms with E-state index in [-0.39, 0.29) is 5.75 Å². The van der Waals surface area contributed by atoms with Crippen molar-refractivity contribution in [3.63, 3.8) is 0 Å². The Labute approximate surface area is 108 Å². The second kappa shape index (κ2) is 7.14. The van der Waals surface area contributed by atoms with Crippen LogP contribution in [0.1, 0.15) is 5.56 Å². The zero-order chi connectivity index (χ0) is 14.3. The van der Waals surface area contributed by atoms with Crippen molar-refractivity contribution in [2.24, 2.45) is 0 Å². The predicted octanol–water partition coefficient (Wildman–Crippen LogP) is 0.985. The van der Waals surface area contributed by atoms with Crippen LogP contribution in [0.5, 0.6) is 5.75 Å². The molecule has 0 heterocycles. The van der Waals surface area contributed by atoms with Gasteiger partial charge >= 0.3 is 11.9 Å². The summed E-state index contributed by atoms with van der Waals surface area (Å²) in [4.78, 5) is 39.9. The molecular formula is C12H12O7.